The van der Waals surface area contributed by atoms with Crippen LogP contribution in [-0.2, 0) is 23.9 Å². The van der Waals surface area contributed by atoms with Gasteiger partial charge in [0.15, 0.2) is 0 Å². The van der Waals surface area contributed by atoms with Crippen LogP contribution >= 0.6 is 23.2 Å². The van der Waals surface area contributed by atoms with Crippen molar-refractivity contribution in [3.8, 4) is 0 Å². The standard InChI is InChI=1S/C28H31Cl2N5O8/c1-28(2,3)43-27(41)34-25(33-26(39)40)31-19-6-5-7-20(12-19)35-14-16(10-22(35)36)24(38)32-21(13-23(37)42-4)15-8-17(29)11-18(30)9-15/h5-9,11-12,16,21H,10,13-14H2,1-4H3,(H,32,38)(H,39,40)(H2,31,33,34,41). The van der Waals surface area contributed by atoms with Gasteiger partial charge in [0.05, 0.1) is 31.2 Å². The van der Waals surface area contributed by atoms with Crippen LogP contribution in [-0.4, -0.2) is 60.3 Å². The maximum absolute atomic E-state index is 13.3. The summed E-state index contributed by atoms with van der Waals surface area (Å²) in [5, 5.41) is 16.8. The number of benzene rings is 2. The molecule has 2 aromatic carbocycles. The predicted molar refractivity (Wildman–Crippen MR) is 159 cm³/mol. The third kappa shape index (κ3) is 10.1. The van der Waals surface area contributed by atoms with Gasteiger partial charge in [0.2, 0.25) is 17.8 Å². The molecule has 0 aliphatic carbocycles. The third-order valence-electron chi connectivity index (χ3n) is 5.93. The molecule has 1 fully saturated rings. The topological polar surface area (TPSA) is 176 Å². The summed E-state index contributed by atoms with van der Waals surface area (Å²) in [5.74, 6) is -2.55. The fourth-order valence-corrected chi connectivity index (χ4v) is 4.69. The van der Waals surface area contributed by atoms with Crippen LogP contribution in [0.1, 0.15) is 45.2 Å². The summed E-state index contributed by atoms with van der Waals surface area (Å²) in [6.07, 6.45) is -2.69. The fraction of sp³-hybridized carbons (Fsp3) is 0.357. The molecule has 0 saturated carbocycles. The predicted octanol–water partition coefficient (Wildman–Crippen LogP) is 4.55. The maximum Gasteiger partial charge on any atom is 0.414 e. The molecule has 4 N–H and O–H groups in total. The summed E-state index contributed by atoms with van der Waals surface area (Å²) >= 11 is 12.2. The second kappa shape index (κ2) is 14.2. The lowest BCUT2D eigenvalue weighted by atomic mass is 10.0. The van der Waals surface area contributed by atoms with E-state index >= 15 is 0 Å². The lowest BCUT2D eigenvalue weighted by Gasteiger charge is -2.21. The molecule has 0 aromatic heterocycles. The smallest absolute Gasteiger partial charge is 0.414 e. The van der Waals surface area contributed by atoms with Crippen molar-refractivity contribution in [1.29, 1.82) is 0 Å². The normalized spacial score (nSPS) is 15.9. The Morgan fingerprint density at radius 3 is 2.37 bits per heavy atom. The van der Waals surface area contributed by atoms with E-state index < -0.39 is 47.6 Å². The molecule has 2 atom stereocenters. The summed E-state index contributed by atoms with van der Waals surface area (Å²) in [6, 6.07) is 10.1. The molecule has 1 aliphatic rings. The van der Waals surface area contributed by atoms with Crippen molar-refractivity contribution < 1.29 is 38.6 Å². The van der Waals surface area contributed by atoms with Crippen molar-refractivity contribution in [3.63, 3.8) is 0 Å². The first-order chi connectivity index (χ1) is 20.1. The summed E-state index contributed by atoms with van der Waals surface area (Å²) in [5.41, 5.74) is 0.251. The first-order valence-electron chi connectivity index (χ1n) is 13.0. The maximum atomic E-state index is 13.3. The SMILES string of the molecule is COC(=O)CC(NC(=O)C1CC(=O)N(c2cccc(N=C(NC(=O)O)NC(=O)OC(C)(C)C)c2)C1)c1cc(Cl)cc(Cl)c1. The van der Waals surface area contributed by atoms with Gasteiger partial charge in [-0.05, 0) is 62.7 Å². The van der Waals surface area contributed by atoms with Crippen molar-refractivity contribution in [2.24, 2.45) is 10.9 Å². The van der Waals surface area contributed by atoms with Gasteiger partial charge in [-0.1, -0.05) is 29.3 Å². The molecule has 3 rings (SSSR count). The first-order valence-corrected chi connectivity index (χ1v) is 13.7. The number of hydrogen-bond donors (Lipinski definition) is 4. The summed E-state index contributed by atoms with van der Waals surface area (Å²) < 4.78 is 9.91. The number of halogens is 2. The minimum Gasteiger partial charge on any atom is -0.469 e. The second-order valence-corrected chi connectivity index (χ2v) is 11.4. The Balaban J connectivity index is 1.78. The Morgan fingerprint density at radius 1 is 1.09 bits per heavy atom. The zero-order chi connectivity index (χ0) is 31.9. The number of alkyl carbamates (subject to hydrolysis) is 1. The number of nitrogens with one attached hydrogen (secondary N) is 3. The van der Waals surface area contributed by atoms with Gasteiger partial charge in [-0.25, -0.2) is 14.6 Å². The molecule has 2 unspecified atom stereocenters. The number of carbonyl (C=O) groups excluding carboxylic acids is 4. The monoisotopic (exact) mass is 635 g/mol. The Hall–Kier alpha value is -4.36. The van der Waals surface area contributed by atoms with E-state index in [1.807, 2.05) is 5.32 Å². The van der Waals surface area contributed by atoms with Crippen LogP contribution in [0.15, 0.2) is 47.5 Å². The number of ether oxygens (including phenoxy) is 2. The van der Waals surface area contributed by atoms with Gasteiger partial charge in [-0.2, -0.15) is 0 Å². The minimum absolute atomic E-state index is 0.0233. The number of amides is 4. The molecule has 15 heteroatoms. The quantitative estimate of drug-likeness (QED) is 0.195. The first kappa shape index (κ1) is 33.1. The molecule has 1 heterocycles. The number of hydrogen-bond acceptors (Lipinski definition) is 8. The average Bonchev–Trinajstić information content (AvgIpc) is 3.28. The van der Waals surface area contributed by atoms with Gasteiger partial charge in [-0.15, -0.1) is 0 Å². The highest BCUT2D eigenvalue weighted by molar-refractivity contribution is 6.34. The molecule has 1 saturated heterocycles. The molecule has 43 heavy (non-hydrogen) atoms. The van der Waals surface area contributed by atoms with Crippen molar-refractivity contribution in [1.82, 2.24) is 16.0 Å². The molecule has 2 aromatic rings. The van der Waals surface area contributed by atoms with Crippen molar-refractivity contribution in [3.05, 3.63) is 58.1 Å². The second-order valence-electron chi connectivity index (χ2n) is 10.5. The number of carbonyl (C=O) groups is 5. The molecule has 4 amide bonds. The van der Waals surface area contributed by atoms with Gasteiger partial charge < -0.3 is 24.8 Å². The molecule has 1 aliphatic heterocycles. The highest BCUT2D eigenvalue weighted by Crippen LogP contribution is 2.30. The van der Waals surface area contributed by atoms with E-state index in [1.165, 1.54) is 30.2 Å². The van der Waals surface area contributed by atoms with Gasteiger partial charge in [0, 0.05) is 28.7 Å². The minimum atomic E-state index is -1.47. The van der Waals surface area contributed by atoms with E-state index in [4.69, 9.17) is 37.8 Å². The van der Waals surface area contributed by atoms with Gasteiger partial charge in [-0.3, -0.25) is 25.0 Å². The van der Waals surface area contributed by atoms with Crippen LogP contribution in [0.25, 0.3) is 0 Å². The van der Waals surface area contributed by atoms with E-state index in [0.717, 1.165) is 0 Å². The van der Waals surface area contributed by atoms with Crippen LogP contribution < -0.4 is 20.9 Å². The van der Waals surface area contributed by atoms with Crippen molar-refractivity contribution >= 4 is 70.5 Å². The number of aliphatic imine (C=N–C) groups is 1. The summed E-state index contributed by atoms with van der Waals surface area (Å²) in [6.45, 7) is 4.95. The van der Waals surface area contributed by atoms with Crippen molar-refractivity contribution in [2.75, 3.05) is 18.6 Å². The number of guanidine groups is 1. The molecule has 0 bridgehead atoms. The number of carboxylic acid groups (broad SMARTS) is 1. The van der Waals surface area contributed by atoms with E-state index in [0.29, 0.717) is 21.3 Å². The fourth-order valence-electron chi connectivity index (χ4n) is 4.15. The largest absolute Gasteiger partial charge is 0.469 e. The number of methoxy groups -OCH3 is 1. The van der Waals surface area contributed by atoms with E-state index in [9.17, 15) is 24.0 Å². The molecule has 230 valence electrons. The van der Waals surface area contributed by atoms with E-state index in [-0.39, 0.29) is 31.0 Å². The zero-order valence-corrected chi connectivity index (χ0v) is 25.3. The zero-order valence-electron chi connectivity index (χ0n) is 23.8. The van der Waals surface area contributed by atoms with Gasteiger partial charge in [0.1, 0.15) is 5.60 Å². The Morgan fingerprint density at radius 2 is 1.77 bits per heavy atom. The van der Waals surface area contributed by atoms with Crippen LogP contribution in [0.2, 0.25) is 10.0 Å². The summed E-state index contributed by atoms with van der Waals surface area (Å²) in [4.78, 5) is 67.2. The number of rotatable bonds is 7. The molecular formula is C28H31Cl2N5O8. The van der Waals surface area contributed by atoms with Crippen LogP contribution in [0.4, 0.5) is 21.0 Å². The highest BCUT2D eigenvalue weighted by Gasteiger charge is 2.36. The highest BCUT2D eigenvalue weighted by atomic mass is 35.5. The van der Waals surface area contributed by atoms with Gasteiger partial charge >= 0.3 is 18.2 Å². The lowest BCUT2D eigenvalue weighted by molar-refractivity contribution is -0.141. The lowest BCUT2D eigenvalue weighted by Crippen LogP contribution is -2.45. The number of esters is 1. The molecule has 0 radical (unpaired) electrons. The third-order valence-corrected chi connectivity index (χ3v) is 6.36. The van der Waals surface area contributed by atoms with Crippen LogP contribution in [0.5, 0.6) is 0 Å². The van der Waals surface area contributed by atoms with Crippen LogP contribution in [0.3, 0.4) is 0 Å². The summed E-state index contributed by atoms with van der Waals surface area (Å²) in [7, 11) is 1.23. The Kier molecular flexibility index (Phi) is 11.0. The Bertz CT molecular complexity index is 1420. The average molecular weight is 636 g/mol. The van der Waals surface area contributed by atoms with Gasteiger partial charge in [0.25, 0.3) is 0 Å². The van der Waals surface area contributed by atoms with E-state index in [1.54, 1.807) is 45.0 Å². The molecular weight excluding hydrogens is 605 g/mol. The molecule has 13 nitrogen and oxygen atoms in total. The molecule has 0 spiro atoms. The Labute approximate surface area is 257 Å². The van der Waals surface area contributed by atoms with E-state index in [2.05, 4.69) is 15.6 Å². The van der Waals surface area contributed by atoms with Crippen molar-refractivity contribution in [2.45, 2.75) is 45.3 Å². The number of anilines is 1. The number of nitrogens with zero attached hydrogens (tertiary/aromatic N) is 2. The van der Waals surface area contributed by atoms with Crippen LogP contribution in [0, 0.1) is 5.92 Å².